The van der Waals surface area contributed by atoms with Crippen molar-refractivity contribution in [1.29, 1.82) is 0 Å². The number of hydrogen-bond acceptors (Lipinski definition) is 7. The molecule has 0 atom stereocenters. The quantitative estimate of drug-likeness (QED) is 0.653. The Kier molecular flexibility index (Phi) is 4.97. The number of aryl methyl sites for hydroxylation is 1. The van der Waals surface area contributed by atoms with Gasteiger partial charge in [-0.3, -0.25) is 4.79 Å². The predicted molar refractivity (Wildman–Crippen MR) is 104 cm³/mol. The fourth-order valence-corrected chi connectivity index (χ4v) is 4.14. The smallest absolute Gasteiger partial charge is 0.230 e. The molecule has 3 aromatic rings. The van der Waals surface area contributed by atoms with Crippen molar-refractivity contribution in [2.45, 2.75) is 44.6 Å². The van der Waals surface area contributed by atoms with Crippen molar-refractivity contribution >= 4 is 16.9 Å². The zero-order valence-corrected chi connectivity index (χ0v) is 16.3. The minimum atomic E-state index is 0.125. The molecule has 29 heavy (non-hydrogen) atoms. The van der Waals surface area contributed by atoms with Crippen molar-refractivity contribution in [3.8, 4) is 11.4 Å². The standard InChI is InChI=1S/C20H24N6O3/c27-18(25-9-11-28-12-10-25)7-8-26-17-6-5-15(13-16(17)22-24-26)19-21-20(29-23-19)14-3-1-2-4-14/h5-6,13-14H,1-4,7-12H2. The summed E-state index contributed by atoms with van der Waals surface area (Å²) in [5.41, 5.74) is 2.51. The third-order valence-corrected chi connectivity index (χ3v) is 5.82. The molecular formula is C20H24N6O3. The maximum atomic E-state index is 12.4. The Bertz CT molecular complexity index is 1000. The van der Waals surface area contributed by atoms with Gasteiger partial charge in [-0.15, -0.1) is 5.10 Å². The summed E-state index contributed by atoms with van der Waals surface area (Å²) in [6.07, 6.45) is 5.10. The Morgan fingerprint density at radius 3 is 2.83 bits per heavy atom. The maximum Gasteiger partial charge on any atom is 0.230 e. The van der Waals surface area contributed by atoms with E-state index in [4.69, 9.17) is 9.26 Å². The topological polar surface area (TPSA) is 99.2 Å². The highest BCUT2D eigenvalue weighted by molar-refractivity contribution is 5.80. The fraction of sp³-hybridized carbons (Fsp3) is 0.550. The van der Waals surface area contributed by atoms with Crippen LogP contribution in [0.1, 0.15) is 43.9 Å². The minimum absolute atomic E-state index is 0.125. The summed E-state index contributed by atoms with van der Waals surface area (Å²) in [6, 6.07) is 5.83. The fourth-order valence-electron chi connectivity index (χ4n) is 4.14. The molecule has 5 rings (SSSR count). The first kappa shape index (κ1) is 18.2. The van der Waals surface area contributed by atoms with Crippen LogP contribution < -0.4 is 0 Å². The Morgan fingerprint density at radius 2 is 2.00 bits per heavy atom. The first-order valence-electron chi connectivity index (χ1n) is 10.3. The average Bonchev–Trinajstić information content (AvgIpc) is 3.52. The average molecular weight is 396 g/mol. The van der Waals surface area contributed by atoms with E-state index >= 15 is 0 Å². The molecule has 1 aromatic carbocycles. The highest BCUT2D eigenvalue weighted by atomic mass is 16.5. The number of carbonyl (C=O) groups is 1. The van der Waals surface area contributed by atoms with Crippen molar-refractivity contribution in [2.24, 2.45) is 0 Å². The van der Waals surface area contributed by atoms with E-state index in [0.29, 0.717) is 51.0 Å². The van der Waals surface area contributed by atoms with Gasteiger partial charge in [-0.05, 0) is 31.0 Å². The van der Waals surface area contributed by atoms with Gasteiger partial charge in [0, 0.05) is 31.0 Å². The van der Waals surface area contributed by atoms with Crippen LogP contribution in [0.15, 0.2) is 22.7 Å². The van der Waals surface area contributed by atoms with E-state index in [1.807, 2.05) is 23.1 Å². The van der Waals surface area contributed by atoms with Gasteiger partial charge in [0.05, 0.1) is 25.3 Å². The lowest BCUT2D eigenvalue weighted by molar-refractivity contribution is -0.135. The Morgan fingerprint density at radius 1 is 1.17 bits per heavy atom. The summed E-state index contributed by atoms with van der Waals surface area (Å²) in [6.45, 7) is 3.04. The van der Waals surface area contributed by atoms with Gasteiger partial charge >= 0.3 is 0 Å². The molecule has 1 saturated heterocycles. The second-order valence-corrected chi connectivity index (χ2v) is 7.70. The molecule has 152 valence electrons. The Labute approximate surface area is 168 Å². The molecule has 0 unspecified atom stereocenters. The molecule has 1 aliphatic heterocycles. The van der Waals surface area contributed by atoms with Crippen LogP contribution in [-0.2, 0) is 16.1 Å². The summed E-state index contributed by atoms with van der Waals surface area (Å²) < 4.78 is 12.6. The molecule has 2 aliphatic rings. The van der Waals surface area contributed by atoms with Crippen LogP contribution in [0, 0.1) is 0 Å². The van der Waals surface area contributed by atoms with E-state index in [9.17, 15) is 4.79 Å². The number of hydrogen-bond donors (Lipinski definition) is 0. The number of ether oxygens (including phenoxy) is 1. The molecule has 9 nitrogen and oxygen atoms in total. The van der Waals surface area contributed by atoms with Crippen molar-refractivity contribution in [3.63, 3.8) is 0 Å². The Balaban J connectivity index is 1.29. The van der Waals surface area contributed by atoms with Crippen LogP contribution in [0.3, 0.4) is 0 Å². The lowest BCUT2D eigenvalue weighted by atomic mass is 10.1. The van der Waals surface area contributed by atoms with Crippen LogP contribution in [0.2, 0.25) is 0 Å². The normalized spacial score (nSPS) is 18.0. The lowest BCUT2D eigenvalue weighted by Crippen LogP contribution is -2.41. The summed E-state index contributed by atoms with van der Waals surface area (Å²) >= 11 is 0. The lowest BCUT2D eigenvalue weighted by Gasteiger charge is -2.26. The molecule has 1 amide bonds. The van der Waals surface area contributed by atoms with Crippen LogP contribution in [0.4, 0.5) is 0 Å². The number of morpholine rings is 1. The van der Waals surface area contributed by atoms with E-state index in [0.717, 1.165) is 35.3 Å². The van der Waals surface area contributed by atoms with Gasteiger partial charge in [-0.1, -0.05) is 23.2 Å². The van der Waals surface area contributed by atoms with E-state index in [2.05, 4.69) is 20.5 Å². The number of amides is 1. The summed E-state index contributed by atoms with van der Waals surface area (Å²) in [4.78, 5) is 18.8. The van der Waals surface area contributed by atoms with Crippen molar-refractivity contribution in [1.82, 2.24) is 30.0 Å². The third-order valence-electron chi connectivity index (χ3n) is 5.82. The van der Waals surface area contributed by atoms with E-state index in [1.54, 1.807) is 4.68 Å². The number of rotatable bonds is 5. The van der Waals surface area contributed by atoms with E-state index < -0.39 is 0 Å². The zero-order chi connectivity index (χ0) is 19.6. The SMILES string of the molecule is O=C(CCn1nnc2cc(-c3noc(C4CCCC4)n3)ccc21)N1CCOCC1. The van der Waals surface area contributed by atoms with Crippen molar-refractivity contribution in [3.05, 3.63) is 24.1 Å². The summed E-state index contributed by atoms with van der Waals surface area (Å²) in [7, 11) is 0. The van der Waals surface area contributed by atoms with Gasteiger partial charge in [-0.2, -0.15) is 4.98 Å². The molecule has 9 heteroatoms. The molecule has 0 radical (unpaired) electrons. The predicted octanol–water partition coefficient (Wildman–Crippen LogP) is 2.39. The van der Waals surface area contributed by atoms with Crippen LogP contribution in [0.25, 0.3) is 22.4 Å². The van der Waals surface area contributed by atoms with Crippen LogP contribution >= 0.6 is 0 Å². The molecule has 2 fully saturated rings. The van der Waals surface area contributed by atoms with E-state index in [-0.39, 0.29) is 5.91 Å². The van der Waals surface area contributed by atoms with Crippen molar-refractivity contribution in [2.75, 3.05) is 26.3 Å². The van der Waals surface area contributed by atoms with Gasteiger partial charge in [0.1, 0.15) is 5.52 Å². The molecular weight excluding hydrogens is 372 g/mol. The highest BCUT2D eigenvalue weighted by Gasteiger charge is 2.23. The monoisotopic (exact) mass is 396 g/mol. The van der Waals surface area contributed by atoms with Crippen LogP contribution in [0.5, 0.6) is 0 Å². The maximum absolute atomic E-state index is 12.4. The largest absolute Gasteiger partial charge is 0.378 e. The molecule has 0 spiro atoms. The number of nitrogens with zero attached hydrogens (tertiary/aromatic N) is 6. The minimum Gasteiger partial charge on any atom is -0.378 e. The van der Waals surface area contributed by atoms with Gasteiger partial charge < -0.3 is 14.2 Å². The second kappa shape index (κ2) is 7.90. The number of fused-ring (bicyclic) bond motifs is 1. The zero-order valence-electron chi connectivity index (χ0n) is 16.3. The molecule has 2 aromatic heterocycles. The first-order chi connectivity index (χ1) is 14.3. The Hall–Kier alpha value is -2.81. The van der Waals surface area contributed by atoms with Crippen molar-refractivity contribution < 1.29 is 14.1 Å². The first-order valence-corrected chi connectivity index (χ1v) is 10.3. The van der Waals surface area contributed by atoms with Crippen LogP contribution in [-0.4, -0.2) is 62.2 Å². The molecule has 0 bridgehead atoms. The van der Waals surface area contributed by atoms with Gasteiger partial charge in [0.15, 0.2) is 0 Å². The number of aromatic nitrogens is 5. The molecule has 1 aliphatic carbocycles. The summed E-state index contributed by atoms with van der Waals surface area (Å²) in [5, 5.41) is 12.6. The van der Waals surface area contributed by atoms with Gasteiger partial charge in [-0.25, -0.2) is 4.68 Å². The second-order valence-electron chi connectivity index (χ2n) is 7.70. The number of benzene rings is 1. The van der Waals surface area contributed by atoms with Gasteiger partial charge in [0.2, 0.25) is 17.6 Å². The molecule has 1 saturated carbocycles. The van der Waals surface area contributed by atoms with Gasteiger partial charge in [0.25, 0.3) is 0 Å². The molecule has 3 heterocycles. The highest BCUT2D eigenvalue weighted by Crippen LogP contribution is 2.34. The summed E-state index contributed by atoms with van der Waals surface area (Å²) in [5.74, 6) is 1.85. The number of carbonyl (C=O) groups excluding carboxylic acids is 1. The van der Waals surface area contributed by atoms with E-state index in [1.165, 1.54) is 12.8 Å². The third kappa shape index (κ3) is 3.74. The molecule has 0 N–H and O–H groups in total.